The van der Waals surface area contributed by atoms with Crippen LogP contribution in [0.15, 0.2) is 0 Å². The van der Waals surface area contributed by atoms with E-state index in [1.165, 1.54) is 0 Å². The van der Waals surface area contributed by atoms with Gasteiger partial charge >= 0.3 is 0 Å². The molecular formula is C7H16O2. The monoisotopic (exact) mass is 132 g/mol. The maximum atomic E-state index is 8.38. The number of rotatable bonds is 2. The molecule has 2 nitrogen and oxygen atoms in total. The van der Waals surface area contributed by atoms with Crippen molar-refractivity contribution in [2.75, 3.05) is 6.79 Å². The molecule has 56 valence electrons. The quantitative estimate of drug-likeness (QED) is 0.575. The van der Waals surface area contributed by atoms with E-state index in [2.05, 4.69) is 20.8 Å². The summed E-state index contributed by atoms with van der Waals surface area (Å²) in [5.41, 5.74) is 0.128. The van der Waals surface area contributed by atoms with Crippen LogP contribution in [0.4, 0.5) is 0 Å². The fourth-order valence-corrected chi connectivity index (χ4v) is 0.362. The number of aliphatic hydroxyl groups is 1. The lowest BCUT2D eigenvalue weighted by atomic mass is 9.90. The van der Waals surface area contributed by atoms with E-state index in [1.807, 2.05) is 6.92 Å². The molecule has 0 aliphatic carbocycles. The van der Waals surface area contributed by atoms with Gasteiger partial charge in [-0.2, -0.15) is 0 Å². The van der Waals surface area contributed by atoms with Gasteiger partial charge in [0.05, 0.1) is 6.10 Å². The Morgan fingerprint density at radius 1 is 1.44 bits per heavy atom. The van der Waals surface area contributed by atoms with Crippen LogP contribution in [0, 0.1) is 5.41 Å². The van der Waals surface area contributed by atoms with Crippen molar-refractivity contribution in [1.29, 1.82) is 0 Å². The average Bonchev–Trinajstić information content (AvgIpc) is 1.64. The van der Waals surface area contributed by atoms with Crippen LogP contribution in [0.3, 0.4) is 0 Å². The maximum Gasteiger partial charge on any atom is 0.143 e. The molecule has 0 aromatic rings. The molecule has 0 saturated heterocycles. The fourth-order valence-electron chi connectivity index (χ4n) is 0.362. The third-order valence-corrected chi connectivity index (χ3v) is 1.54. The minimum Gasteiger partial charge on any atom is -0.371 e. The van der Waals surface area contributed by atoms with Gasteiger partial charge < -0.3 is 9.84 Å². The number of hydrogen-bond acceptors (Lipinski definition) is 2. The second-order valence-corrected chi connectivity index (χ2v) is 3.30. The van der Waals surface area contributed by atoms with Crippen LogP contribution >= 0.6 is 0 Å². The van der Waals surface area contributed by atoms with Crippen LogP contribution in [0.25, 0.3) is 0 Å². The molecule has 0 radical (unpaired) electrons. The van der Waals surface area contributed by atoms with Crippen LogP contribution in [0.1, 0.15) is 27.7 Å². The molecule has 1 atom stereocenters. The highest BCUT2D eigenvalue weighted by atomic mass is 16.6. The first-order chi connectivity index (χ1) is 3.98. The van der Waals surface area contributed by atoms with Gasteiger partial charge in [-0.25, -0.2) is 0 Å². The molecule has 1 N–H and O–H groups in total. The molecule has 0 rings (SSSR count). The predicted octanol–water partition coefficient (Wildman–Crippen LogP) is 1.39. The Kier molecular flexibility index (Phi) is 3.15. The number of hydrogen-bond donors (Lipinski definition) is 1. The van der Waals surface area contributed by atoms with Crippen LogP contribution in [-0.2, 0) is 4.74 Å². The van der Waals surface area contributed by atoms with Crippen molar-refractivity contribution >= 4 is 0 Å². The molecule has 0 fully saturated rings. The molecule has 0 aromatic carbocycles. The fraction of sp³-hybridized carbons (Fsp3) is 1.00. The van der Waals surface area contributed by atoms with Crippen molar-refractivity contribution in [3.05, 3.63) is 0 Å². The standard InChI is InChI=1S/C7H16O2/c1-6(9-5-8)7(2,3)4/h6,8H,5H2,1-4H3. The summed E-state index contributed by atoms with van der Waals surface area (Å²) >= 11 is 0. The molecule has 0 amide bonds. The highest BCUT2D eigenvalue weighted by molar-refractivity contribution is 4.68. The topological polar surface area (TPSA) is 29.5 Å². The Hall–Kier alpha value is -0.0800. The lowest BCUT2D eigenvalue weighted by Gasteiger charge is -2.25. The van der Waals surface area contributed by atoms with Crippen LogP contribution in [-0.4, -0.2) is 18.0 Å². The zero-order valence-corrected chi connectivity index (χ0v) is 6.64. The van der Waals surface area contributed by atoms with E-state index in [0.29, 0.717) is 0 Å². The maximum absolute atomic E-state index is 8.38. The summed E-state index contributed by atoms with van der Waals surface area (Å²) in [5, 5.41) is 8.38. The van der Waals surface area contributed by atoms with Crippen molar-refractivity contribution in [1.82, 2.24) is 0 Å². The largest absolute Gasteiger partial charge is 0.371 e. The SMILES string of the molecule is CC(OCO)C(C)(C)C. The van der Waals surface area contributed by atoms with Gasteiger partial charge in [-0.3, -0.25) is 0 Å². The second-order valence-electron chi connectivity index (χ2n) is 3.30. The van der Waals surface area contributed by atoms with Crippen molar-refractivity contribution in [3.8, 4) is 0 Å². The summed E-state index contributed by atoms with van der Waals surface area (Å²) in [7, 11) is 0. The Balaban J connectivity index is 3.59. The molecule has 9 heavy (non-hydrogen) atoms. The van der Waals surface area contributed by atoms with Crippen molar-refractivity contribution in [2.24, 2.45) is 5.41 Å². The average molecular weight is 132 g/mol. The molecular weight excluding hydrogens is 116 g/mol. The van der Waals surface area contributed by atoms with Gasteiger partial charge in [0, 0.05) is 0 Å². The van der Waals surface area contributed by atoms with E-state index in [1.54, 1.807) is 0 Å². The summed E-state index contributed by atoms with van der Waals surface area (Å²) in [6.45, 7) is 8.00. The van der Waals surface area contributed by atoms with E-state index in [4.69, 9.17) is 9.84 Å². The highest BCUT2D eigenvalue weighted by Crippen LogP contribution is 2.20. The van der Waals surface area contributed by atoms with Crippen LogP contribution in [0.5, 0.6) is 0 Å². The minimum atomic E-state index is -0.182. The van der Waals surface area contributed by atoms with E-state index in [-0.39, 0.29) is 18.3 Å². The lowest BCUT2D eigenvalue weighted by Crippen LogP contribution is -2.26. The Morgan fingerprint density at radius 2 is 1.89 bits per heavy atom. The van der Waals surface area contributed by atoms with E-state index >= 15 is 0 Å². The summed E-state index contributed by atoms with van der Waals surface area (Å²) < 4.78 is 4.96. The summed E-state index contributed by atoms with van der Waals surface area (Å²) in [5.74, 6) is 0. The molecule has 0 spiro atoms. The molecule has 0 bridgehead atoms. The molecule has 0 saturated carbocycles. The Bertz CT molecular complexity index is 73.5. The summed E-state index contributed by atoms with van der Waals surface area (Å²) in [6, 6.07) is 0. The van der Waals surface area contributed by atoms with Gasteiger partial charge in [0.25, 0.3) is 0 Å². The zero-order chi connectivity index (χ0) is 7.49. The number of aliphatic hydroxyl groups excluding tert-OH is 1. The van der Waals surface area contributed by atoms with Gasteiger partial charge in [0.2, 0.25) is 0 Å². The highest BCUT2D eigenvalue weighted by Gasteiger charge is 2.19. The van der Waals surface area contributed by atoms with Crippen LogP contribution in [0.2, 0.25) is 0 Å². The molecule has 2 heteroatoms. The lowest BCUT2D eigenvalue weighted by molar-refractivity contribution is -0.0824. The third kappa shape index (κ3) is 3.49. The van der Waals surface area contributed by atoms with Crippen molar-refractivity contribution in [3.63, 3.8) is 0 Å². The van der Waals surface area contributed by atoms with E-state index in [0.717, 1.165) is 0 Å². The Morgan fingerprint density at radius 3 is 2.00 bits per heavy atom. The van der Waals surface area contributed by atoms with Gasteiger partial charge in [0.15, 0.2) is 0 Å². The molecule has 1 unspecified atom stereocenters. The first-order valence-corrected chi connectivity index (χ1v) is 3.21. The van der Waals surface area contributed by atoms with Gasteiger partial charge in [-0.05, 0) is 12.3 Å². The first-order valence-electron chi connectivity index (χ1n) is 3.21. The second kappa shape index (κ2) is 3.18. The summed E-state index contributed by atoms with van der Waals surface area (Å²) in [6.07, 6.45) is 0.113. The molecule has 0 aromatic heterocycles. The molecule has 0 aliphatic rings. The van der Waals surface area contributed by atoms with Gasteiger partial charge in [-0.15, -0.1) is 0 Å². The zero-order valence-electron chi connectivity index (χ0n) is 6.64. The minimum absolute atomic E-state index is 0.113. The van der Waals surface area contributed by atoms with Gasteiger partial charge in [-0.1, -0.05) is 20.8 Å². The van der Waals surface area contributed by atoms with Gasteiger partial charge in [0.1, 0.15) is 6.79 Å². The third-order valence-electron chi connectivity index (χ3n) is 1.54. The first kappa shape index (κ1) is 8.92. The molecule has 0 aliphatic heterocycles. The normalized spacial score (nSPS) is 15.7. The molecule has 0 heterocycles. The number of ether oxygens (including phenoxy) is 1. The Labute approximate surface area is 56.8 Å². The van der Waals surface area contributed by atoms with E-state index in [9.17, 15) is 0 Å². The van der Waals surface area contributed by atoms with Crippen molar-refractivity contribution in [2.45, 2.75) is 33.8 Å². The summed E-state index contributed by atoms with van der Waals surface area (Å²) in [4.78, 5) is 0. The smallest absolute Gasteiger partial charge is 0.143 e. The van der Waals surface area contributed by atoms with Crippen LogP contribution < -0.4 is 0 Å². The van der Waals surface area contributed by atoms with Crippen molar-refractivity contribution < 1.29 is 9.84 Å². The predicted molar refractivity (Wildman–Crippen MR) is 37.1 cm³/mol. The van der Waals surface area contributed by atoms with E-state index < -0.39 is 0 Å².